The second-order valence-electron chi connectivity index (χ2n) is 6.28. The molecule has 5 nitrogen and oxygen atoms in total. The van der Waals surface area contributed by atoms with Crippen LogP contribution >= 0.6 is 11.6 Å². The molecule has 1 fully saturated rings. The molecule has 0 unspecified atom stereocenters. The van der Waals surface area contributed by atoms with E-state index in [0.29, 0.717) is 36.1 Å². The lowest BCUT2D eigenvalue weighted by Gasteiger charge is -2.27. The first-order valence-electron chi connectivity index (χ1n) is 8.75. The quantitative estimate of drug-likeness (QED) is 0.603. The molecule has 1 N–H and O–H groups in total. The van der Waals surface area contributed by atoms with E-state index >= 15 is 0 Å². The van der Waals surface area contributed by atoms with E-state index in [1.165, 1.54) is 6.08 Å². The lowest BCUT2D eigenvalue weighted by molar-refractivity contribution is 0.0335. The van der Waals surface area contributed by atoms with Crippen LogP contribution in [0.25, 0.3) is 6.08 Å². The summed E-state index contributed by atoms with van der Waals surface area (Å²) in [6, 6.07) is 10.5. The van der Waals surface area contributed by atoms with E-state index in [4.69, 9.17) is 21.1 Å². The number of carbonyl (C=O) groups excluding carboxylic acids is 1. The summed E-state index contributed by atoms with van der Waals surface area (Å²) in [4.78, 5) is 14.8. The van der Waals surface area contributed by atoms with Gasteiger partial charge in [0.25, 0.3) is 0 Å². The van der Waals surface area contributed by atoms with E-state index in [1.54, 1.807) is 37.5 Å². The van der Waals surface area contributed by atoms with E-state index in [1.807, 2.05) is 12.1 Å². The zero-order chi connectivity index (χ0) is 19.2. The van der Waals surface area contributed by atoms with Crippen LogP contribution in [0, 0.1) is 0 Å². The van der Waals surface area contributed by atoms with Crippen molar-refractivity contribution in [2.45, 2.75) is 6.54 Å². The molecule has 0 amide bonds. The fraction of sp³-hybridized carbons (Fsp3) is 0.286. The number of hydrogen-bond acceptors (Lipinski definition) is 5. The Morgan fingerprint density at radius 1 is 1.22 bits per heavy atom. The van der Waals surface area contributed by atoms with Crippen molar-refractivity contribution in [3.05, 3.63) is 64.2 Å². The third-order valence-corrected chi connectivity index (χ3v) is 4.76. The molecule has 0 spiro atoms. The van der Waals surface area contributed by atoms with E-state index in [-0.39, 0.29) is 17.1 Å². The molecule has 1 aliphatic heterocycles. The van der Waals surface area contributed by atoms with Crippen LogP contribution in [-0.2, 0) is 11.3 Å². The van der Waals surface area contributed by atoms with Gasteiger partial charge in [0.05, 0.1) is 31.5 Å². The SMILES string of the molecule is COc1ccc(C(=O)/C=C/c2ccc(Cl)cc2)c(O)c1CN1CCOCC1. The van der Waals surface area contributed by atoms with E-state index < -0.39 is 0 Å². The van der Waals surface area contributed by atoms with Crippen molar-refractivity contribution < 1.29 is 19.4 Å². The number of methoxy groups -OCH3 is 1. The first-order chi connectivity index (χ1) is 13.1. The van der Waals surface area contributed by atoms with Crippen LogP contribution in [0.1, 0.15) is 21.5 Å². The van der Waals surface area contributed by atoms with Crippen LogP contribution in [0.4, 0.5) is 0 Å². The topological polar surface area (TPSA) is 59.0 Å². The monoisotopic (exact) mass is 387 g/mol. The van der Waals surface area contributed by atoms with Gasteiger partial charge in [-0.15, -0.1) is 0 Å². The molecule has 0 bridgehead atoms. The number of ether oxygens (including phenoxy) is 2. The minimum atomic E-state index is -0.270. The highest BCUT2D eigenvalue weighted by atomic mass is 35.5. The number of phenolic OH excluding ortho intramolecular Hbond substituents is 1. The maximum absolute atomic E-state index is 12.6. The van der Waals surface area contributed by atoms with Gasteiger partial charge in [0.1, 0.15) is 11.5 Å². The lowest BCUT2D eigenvalue weighted by Crippen LogP contribution is -2.35. The summed E-state index contributed by atoms with van der Waals surface area (Å²) in [5.74, 6) is 0.261. The second kappa shape index (κ2) is 9.04. The second-order valence-corrected chi connectivity index (χ2v) is 6.72. The van der Waals surface area contributed by atoms with Crippen molar-refractivity contribution >= 4 is 23.5 Å². The van der Waals surface area contributed by atoms with Crippen molar-refractivity contribution in [1.29, 1.82) is 0 Å². The number of nitrogens with zero attached hydrogens (tertiary/aromatic N) is 1. The van der Waals surface area contributed by atoms with Crippen molar-refractivity contribution in [2.24, 2.45) is 0 Å². The molecule has 0 aromatic heterocycles. The van der Waals surface area contributed by atoms with E-state index in [0.717, 1.165) is 18.7 Å². The van der Waals surface area contributed by atoms with Gasteiger partial charge in [-0.05, 0) is 35.9 Å². The molecule has 6 heteroatoms. The summed E-state index contributed by atoms with van der Waals surface area (Å²) in [6.07, 6.45) is 3.15. The molecule has 142 valence electrons. The number of phenols is 1. The number of rotatable bonds is 6. The van der Waals surface area contributed by atoms with Crippen LogP contribution in [0.5, 0.6) is 11.5 Å². The first-order valence-corrected chi connectivity index (χ1v) is 9.13. The van der Waals surface area contributed by atoms with Gasteiger partial charge < -0.3 is 14.6 Å². The Hall–Kier alpha value is -2.34. The number of ketones is 1. The van der Waals surface area contributed by atoms with E-state index in [9.17, 15) is 9.90 Å². The molecule has 1 heterocycles. The zero-order valence-electron chi connectivity index (χ0n) is 15.2. The number of allylic oxidation sites excluding steroid dienone is 1. The fourth-order valence-electron chi connectivity index (χ4n) is 2.98. The third-order valence-electron chi connectivity index (χ3n) is 4.51. The average molecular weight is 388 g/mol. The molecule has 0 saturated carbocycles. The highest BCUT2D eigenvalue weighted by Crippen LogP contribution is 2.33. The highest BCUT2D eigenvalue weighted by Gasteiger charge is 2.20. The summed E-state index contributed by atoms with van der Waals surface area (Å²) < 4.78 is 10.7. The Labute approximate surface area is 163 Å². The first kappa shape index (κ1) is 19.4. The molecule has 0 aliphatic carbocycles. The maximum Gasteiger partial charge on any atom is 0.189 e. The lowest BCUT2D eigenvalue weighted by atomic mass is 10.0. The molecule has 3 rings (SSSR count). The van der Waals surface area contributed by atoms with E-state index in [2.05, 4.69) is 4.90 Å². The van der Waals surface area contributed by atoms with Crippen LogP contribution in [0.2, 0.25) is 5.02 Å². The third kappa shape index (κ3) is 4.89. The number of carbonyl (C=O) groups is 1. The smallest absolute Gasteiger partial charge is 0.189 e. The van der Waals surface area contributed by atoms with Gasteiger partial charge in [0.2, 0.25) is 0 Å². The number of hydrogen-bond donors (Lipinski definition) is 1. The van der Waals surface area contributed by atoms with Gasteiger partial charge >= 0.3 is 0 Å². The van der Waals surface area contributed by atoms with Gasteiger partial charge in [0.15, 0.2) is 5.78 Å². The van der Waals surface area contributed by atoms with Crippen molar-refractivity contribution in [1.82, 2.24) is 4.90 Å². The molecule has 2 aromatic carbocycles. The zero-order valence-corrected chi connectivity index (χ0v) is 15.9. The molecule has 1 aliphatic rings. The Morgan fingerprint density at radius 3 is 2.59 bits per heavy atom. The van der Waals surface area contributed by atoms with Gasteiger partial charge in [-0.3, -0.25) is 9.69 Å². The van der Waals surface area contributed by atoms with Crippen molar-refractivity contribution in [3.63, 3.8) is 0 Å². The van der Waals surface area contributed by atoms with Crippen molar-refractivity contribution in [3.8, 4) is 11.5 Å². The van der Waals surface area contributed by atoms with Gasteiger partial charge in [0, 0.05) is 24.7 Å². The van der Waals surface area contributed by atoms with Crippen LogP contribution in [0.3, 0.4) is 0 Å². The molecule has 27 heavy (non-hydrogen) atoms. The summed E-state index contributed by atoms with van der Waals surface area (Å²) in [5, 5.41) is 11.4. The molecule has 0 atom stereocenters. The maximum atomic E-state index is 12.6. The molecule has 2 aromatic rings. The molecular weight excluding hydrogens is 366 g/mol. The van der Waals surface area contributed by atoms with Crippen LogP contribution in [0.15, 0.2) is 42.5 Å². The largest absolute Gasteiger partial charge is 0.507 e. The standard InChI is InChI=1S/C21H22ClNO4/c1-26-20-9-7-17(19(24)8-4-15-2-5-16(22)6-3-15)21(25)18(20)14-23-10-12-27-13-11-23/h2-9,25H,10-14H2,1H3/b8-4+. The summed E-state index contributed by atoms with van der Waals surface area (Å²) >= 11 is 5.87. The van der Waals surface area contributed by atoms with Gasteiger partial charge in [-0.1, -0.05) is 29.8 Å². The van der Waals surface area contributed by atoms with Crippen molar-refractivity contribution in [2.75, 3.05) is 33.4 Å². The Morgan fingerprint density at radius 2 is 1.93 bits per heavy atom. The predicted molar refractivity (Wildman–Crippen MR) is 106 cm³/mol. The average Bonchev–Trinajstić information content (AvgIpc) is 2.69. The fourth-order valence-corrected chi connectivity index (χ4v) is 3.11. The molecule has 1 saturated heterocycles. The molecular formula is C21H22ClNO4. The predicted octanol–water partition coefficient (Wildman–Crippen LogP) is 3.78. The molecule has 0 radical (unpaired) electrons. The summed E-state index contributed by atoms with van der Waals surface area (Å²) in [7, 11) is 1.56. The Kier molecular flexibility index (Phi) is 6.50. The summed E-state index contributed by atoms with van der Waals surface area (Å²) in [6.45, 7) is 3.37. The Bertz CT molecular complexity index is 827. The van der Waals surface area contributed by atoms with Crippen LogP contribution < -0.4 is 4.74 Å². The summed E-state index contributed by atoms with van der Waals surface area (Å²) in [5.41, 5.74) is 1.73. The van der Waals surface area contributed by atoms with Gasteiger partial charge in [-0.25, -0.2) is 0 Å². The van der Waals surface area contributed by atoms with Crippen LogP contribution in [-0.4, -0.2) is 49.2 Å². The minimum Gasteiger partial charge on any atom is -0.507 e. The minimum absolute atomic E-state index is 0.0356. The number of benzene rings is 2. The number of morpholine rings is 1. The van der Waals surface area contributed by atoms with Gasteiger partial charge in [-0.2, -0.15) is 0 Å². The normalized spacial score (nSPS) is 15.2. The Balaban J connectivity index is 1.82. The highest BCUT2D eigenvalue weighted by molar-refractivity contribution is 6.30. The number of aromatic hydroxyl groups is 1. The number of halogens is 1.